The molecule has 0 unspecified atom stereocenters. The lowest BCUT2D eigenvalue weighted by Crippen LogP contribution is -2.46. The molecule has 6 rings (SSSR count). The highest BCUT2D eigenvalue weighted by molar-refractivity contribution is 7.22. The third kappa shape index (κ3) is 6.92. The standard InChI is InChI=1S/C33H35FN4O4S/c1-37(14-15-39)24-9-12-38(13-10-24)33(41)23-5-6-27(36-20-23)31-19-28-32(43-31)30(8-11-35-28)42-29-7-4-22(18-26(29)34)17-25(40)16-21-2-3-21/h4-8,11,18-21,24,39H,2-3,9-10,12-17H2,1H3. The van der Waals surface area contributed by atoms with E-state index >= 15 is 0 Å². The zero-order valence-corrected chi connectivity index (χ0v) is 25.0. The van der Waals surface area contributed by atoms with Crippen molar-refractivity contribution >= 4 is 33.2 Å². The lowest BCUT2D eigenvalue weighted by Gasteiger charge is -2.36. The molecule has 8 nitrogen and oxygen atoms in total. The fourth-order valence-electron chi connectivity index (χ4n) is 5.62. The normalized spacial score (nSPS) is 15.8. The second-order valence-electron chi connectivity index (χ2n) is 11.5. The van der Waals surface area contributed by atoms with Gasteiger partial charge >= 0.3 is 0 Å². The molecular weight excluding hydrogens is 567 g/mol. The van der Waals surface area contributed by atoms with Crippen LogP contribution in [0.4, 0.5) is 4.39 Å². The van der Waals surface area contributed by atoms with Gasteiger partial charge in [-0.1, -0.05) is 6.07 Å². The molecule has 0 spiro atoms. The molecule has 1 N–H and O–H groups in total. The maximum Gasteiger partial charge on any atom is 0.255 e. The van der Waals surface area contributed by atoms with E-state index in [-0.39, 0.29) is 30.5 Å². The maximum atomic E-state index is 15.0. The van der Waals surface area contributed by atoms with E-state index in [1.54, 1.807) is 36.7 Å². The number of aliphatic hydroxyl groups is 1. The highest BCUT2D eigenvalue weighted by Crippen LogP contribution is 2.39. The van der Waals surface area contributed by atoms with Gasteiger partial charge in [-0.15, -0.1) is 11.3 Å². The van der Waals surface area contributed by atoms with Gasteiger partial charge in [-0.3, -0.25) is 19.6 Å². The number of ketones is 1. The Kier molecular flexibility index (Phi) is 8.78. The summed E-state index contributed by atoms with van der Waals surface area (Å²) in [5, 5.41) is 9.19. The minimum absolute atomic E-state index is 0.0312. The number of carbonyl (C=O) groups excluding carboxylic acids is 2. The van der Waals surface area contributed by atoms with Crippen molar-refractivity contribution in [2.75, 3.05) is 33.3 Å². The van der Waals surface area contributed by atoms with Crippen molar-refractivity contribution in [2.45, 2.75) is 44.6 Å². The first-order chi connectivity index (χ1) is 20.9. The number of halogens is 1. The van der Waals surface area contributed by atoms with Crippen LogP contribution in [0, 0.1) is 11.7 Å². The van der Waals surface area contributed by atoms with Gasteiger partial charge in [0.15, 0.2) is 11.6 Å². The number of nitrogens with zero attached hydrogens (tertiary/aromatic N) is 4. The van der Waals surface area contributed by atoms with Crippen molar-refractivity contribution < 1.29 is 23.8 Å². The maximum absolute atomic E-state index is 15.0. The third-order valence-electron chi connectivity index (χ3n) is 8.30. The number of hydrogen-bond donors (Lipinski definition) is 1. The lowest BCUT2D eigenvalue weighted by molar-refractivity contribution is -0.118. The molecule has 224 valence electrons. The molecule has 0 atom stereocenters. The highest BCUT2D eigenvalue weighted by atomic mass is 32.1. The van der Waals surface area contributed by atoms with E-state index in [9.17, 15) is 19.1 Å². The predicted molar refractivity (Wildman–Crippen MR) is 164 cm³/mol. The van der Waals surface area contributed by atoms with Crippen LogP contribution in [0.15, 0.2) is 54.9 Å². The van der Waals surface area contributed by atoms with E-state index in [2.05, 4.69) is 14.9 Å². The number of aromatic nitrogens is 2. The Morgan fingerprint density at radius 3 is 2.58 bits per heavy atom. The monoisotopic (exact) mass is 602 g/mol. The number of fused-ring (bicyclic) bond motifs is 1. The number of pyridine rings is 2. The number of benzene rings is 1. The highest BCUT2D eigenvalue weighted by Gasteiger charge is 2.26. The molecule has 4 heterocycles. The molecule has 4 aromatic rings. The van der Waals surface area contributed by atoms with Crippen LogP contribution in [-0.4, -0.2) is 75.9 Å². The summed E-state index contributed by atoms with van der Waals surface area (Å²) in [4.78, 5) is 39.2. The summed E-state index contributed by atoms with van der Waals surface area (Å²) >= 11 is 1.44. The third-order valence-corrected chi connectivity index (χ3v) is 9.46. The number of aliphatic hydroxyl groups excluding tert-OH is 1. The van der Waals surface area contributed by atoms with Crippen LogP contribution in [0.2, 0.25) is 0 Å². The summed E-state index contributed by atoms with van der Waals surface area (Å²) in [6.07, 6.45) is 8.03. The van der Waals surface area contributed by atoms with E-state index in [1.165, 1.54) is 17.4 Å². The molecular formula is C33H35FN4O4S. The number of likely N-dealkylation sites (tertiary alicyclic amines) is 1. The van der Waals surface area contributed by atoms with Crippen LogP contribution in [0.5, 0.6) is 11.5 Å². The van der Waals surface area contributed by atoms with Crippen molar-refractivity contribution in [3.05, 3.63) is 71.8 Å². The van der Waals surface area contributed by atoms with E-state index in [1.807, 2.05) is 24.1 Å². The zero-order valence-electron chi connectivity index (χ0n) is 24.2. The molecule has 2 aliphatic rings. The number of carbonyl (C=O) groups is 2. The number of amides is 1. The molecule has 1 aliphatic heterocycles. The molecule has 3 aromatic heterocycles. The summed E-state index contributed by atoms with van der Waals surface area (Å²) in [6, 6.07) is 12.3. The van der Waals surface area contributed by atoms with Crippen molar-refractivity contribution in [1.29, 1.82) is 0 Å². The predicted octanol–water partition coefficient (Wildman–Crippen LogP) is 5.73. The molecule has 10 heteroatoms. The lowest BCUT2D eigenvalue weighted by atomic mass is 10.0. The van der Waals surface area contributed by atoms with E-state index < -0.39 is 5.82 Å². The first-order valence-electron chi connectivity index (χ1n) is 14.8. The summed E-state index contributed by atoms with van der Waals surface area (Å²) in [6.45, 7) is 2.12. The Morgan fingerprint density at radius 1 is 1.07 bits per heavy atom. The fraction of sp³-hybridized carbons (Fsp3) is 0.394. The van der Waals surface area contributed by atoms with Crippen LogP contribution >= 0.6 is 11.3 Å². The van der Waals surface area contributed by atoms with Crippen LogP contribution in [0.1, 0.15) is 48.0 Å². The van der Waals surface area contributed by atoms with Gasteiger partial charge < -0.3 is 19.6 Å². The Hall–Kier alpha value is -3.73. The van der Waals surface area contributed by atoms with Crippen LogP contribution in [-0.2, 0) is 11.2 Å². The second-order valence-corrected chi connectivity index (χ2v) is 12.6. The summed E-state index contributed by atoms with van der Waals surface area (Å²) in [5.74, 6) is 0.688. The Labute approximate surface area is 254 Å². The van der Waals surface area contributed by atoms with Gasteiger partial charge in [0.1, 0.15) is 11.5 Å². The number of rotatable bonds is 11. The topological polar surface area (TPSA) is 95.9 Å². The molecule has 43 heavy (non-hydrogen) atoms. The van der Waals surface area contributed by atoms with Crippen molar-refractivity contribution in [3.63, 3.8) is 0 Å². The zero-order chi connectivity index (χ0) is 29.9. The smallest absolute Gasteiger partial charge is 0.255 e. The molecule has 1 aliphatic carbocycles. The van der Waals surface area contributed by atoms with Crippen molar-refractivity contribution in [2.24, 2.45) is 5.92 Å². The molecule has 1 saturated carbocycles. The van der Waals surface area contributed by atoms with Gasteiger partial charge in [0, 0.05) is 57.0 Å². The SMILES string of the molecule is CN(CCO)C1CCN(C(=O)c2ccc(-c3cc4nccc(Oc5ccc(CC(=O)CC6CC6)cc5F)c4s3)nc2)CC1. The van der Waals surface area contributed by atoms with E-state index in [4.69, 9.17) is 4.74 Å². The van der Waals surface area contributed by atoms with Gasteiger partial charge in [0.2, 0.25) is 0 Å². The summed E-state index contributed by atoms with van der Waals surface area (Å²) < 4.78 is 21.7. The first-order valence-corrected chi connectivity index (χ1v) is 15.6. The molecule has 1 aromatic carbocycles. The number of piperidine rings is 1. The Balaban J connectivity index is 1.12. The number of thiophene rings is 1. The average Bonchev–Trinajstić information content (AvgIpc) is 3.71. The number of hydrogen-bond acceptors (Lipinski definition) is 8. The van der Waals surface area contributed by atoms with E-state index in [0.717, 1.165) is 35.3 Å². The molecule has 2 fully saturated rings. The Bertz CT molecular complexity index is 1610. The summed E-state index contributed by atoms with van der Waals surface area (Å²) in [5.41, 5.74) is 2.61. The van der Waals surface area contributed by atoms with Crippen molar-refractivity contribution in [1.82, 2.24) is 19.8 Å². The number of Topliss-reactive ketones (excluding diaryl/α,β-unsaturated/α-hetero) is 1. The van der Waals surface area contributed by atoms with E-state index in [0.29, 0.717) is 66.1 Å². The van der Waals surface area contributed by atoms with Crippen LogP contribution in [0.3, 0.4) is 0 Å². The minimum atomic E-state index is -0.512. The molecule has 0 radical (unpaired) electrons. The first kappa shape index (κ1) is 29.3. The van der Waals surface area contributed by atoms with Gasteiger partial charge in [-0.2, -0.15) is 0 Å². The van der Waals surface area contributed by atoms with Crippen LogP contribution in [0.25, 0.3) is 20.8 Å². The van der Waals surface area contributed by atoms with Gasteiger partial charge in [-0.25, -0.2) is 4.39 Å². The molecule has 1 amide bonds. The van der Waals surface area contributed by atoms with Crippen LogP contribution < -0.4 is 4.74 Å². The largest absolute Gasteiger partial charge is 0.453 e. The van der Waals surface area contributed by atoms with Gasteiger partial charge in [0.25, 0.3) is 5.91 Å². The molecule has 1 saturated heterocycles. The van der Waals surface area contributed by atoms with Gasteiger partial charge in [-0.05, 0) is 74.5 Å². The Morgan fingerprint density at radius 2 is 1.88 bits per heavy atom. The number of likely N-dealkylation sites (N-methyl/N-ethyl adjacent to an activating group) is 1. The average molecular weight is 603 g/mol. The number of ether oxygens (including phenoxy) is 1. The second kappa shape index (κ2) is 12.9. The molecule has 0 bridgehead atoms. The quantitative estimate of drug-likeness (QED) is 0.234. The summed E-state index contributed by atoms with van der Waals surface area (Å²) in [7, 11) is 2.01. The fourth-order valence-corrected chi connectivity index (χ4v) is 6.66. The van der Waals surface area contributed by atoms with Crippen molar-refractivity contribution in [3.8, 4) is 22.1 Å². The minimum Gasteiger partial charge on any atom is -0.453 e. The van der Waals surface area contributed by atoms with Gasteiger partial charge in [0.05, 0.1) is 33.0 Å².